The first-order chi connectivity index (χ1) is 5.79. The molecule has 1 unspecified atom stereocenters. The van der Waals surface area contributed by atoms with E-state index in [2.05, 4.69) is 4.18 Å². The molecule has 1 saturated heterocycles. The van der Waals surface area contributed by atoms with E-state index in [1.165, 1.54) is 0 Å². The molecule has 78 valence electrons. The van der Waals surface area contributed by atoms with Gasteiger partial charge in [0.05, 0.1) is 13.2 Å². The SMILES string of the molecule is CC1(C)OCC(COS(=O)(=O)O)O1. The van der Waals surface area contributed by atoms with Gasteiger partial charge in [-0.1, -0.05) is 0 Å². The fourth-order valence-electron chi connectivity index (χ4n) is 1.01. The van der Waals surface area contributed by atoms with Crippen molar-refractivity contribution >= 4 is 10.4 Å². The molecule has 13 heavy (non-hydrogen) atoms. The molecule has 1 atom stereocenters. The van der Waals surface area contributed by atoms with Crippen molar-refractivity contribution in [1.82, 2.24) is 0 Å². The summed E-state index contributed by atoms with van der Waals surface area (Å²) in [4.78, 5) is 0. The Morgan fingerprint density at radius 2 is 2.23 bits per heavy atom. The standard InChI is InChI=1S/C6H12O6S/c1-6(2)10-3-5(12-6)4-11-13(7,8)9/h5H,3-4H2,1-2H3,(H,7,8,9). The molecule has 0 saturated carbocycles. The summed E-state index contributed by atoms with van der Waals surface area (Å²) in [6.45, 7) is 3.44. The van der Waals surface area contributed by atoms with Gasteiger partial charge < -0.3 is 9.47 Å². The summed E-state index contributed by atoms with van der Waals surface area (Å²) in [5.41, 5.74) is 0. The van der Waals surface area contributed by atoms with Crippen LogP contribution in [0.3, 0.4) is 0 Å². The molecule has 0 aromatic heterocycles. The quantitative estimate of drug-likeness (QED) is 0.661. The average Bonchev–Trinajstić information content (AvgIpc) is 2.24. The molecule has 0 bridgehead atoms. The van der Waals surface area contributed by atoms with E-state index < -0.39 is 22.3 Å². The van der Waals surface area contributed by atoms with Gasteiger partial charge in [0.2, 0.25) is 0 Å². The Labute approximate surface area is 76.7 Å². The molecule has 6 nitrogen and oxygen atoms in total. The molecular formula is C6H12O6S. The lowest BCUT2D eigenvalue weighted by atomic mass is 10.4. The second-order valence-corrected chi connectivity index (χ2v) is 4.25. The average molecular weight is 212 g/mol. The monoisotopic (exact) mass is 212 g/mol. The summed E-state index contributed by atoms with van der Waals surface area (Å²) in [7, 11) is -4.38. The van der Waals surface area contributed by atoms with Crippen molar-refractivity contribution in [3.8, 4) is 0 Å². The molecule has 0 spiro atoms. The molecule has 0 aromatic rings. The summed E-state index contributed by atoms with van der Waals surface area (Å²) < 4.78 is 43.1. The number of hydrogen-bond acceptors (Lipinski definition) is 5. The van der Waals surface area contributed by atoms with Gasteiger partial charge in [-0.05, 0) is 13.8 Å². The minimum Gasteiger partial charge on any atom is -0.348 e. The van der Waals surface area contributed by atoms with Crippen LogP contribution in [0.4, 0.5) is 0 Å². The zero-order valence-corrected chi connectivity index (χ0v) is 8.20. The van der Waals surface area contributed by atoms with E-state index in [9.17, 15) is 8.42 Å². The Kier molecular flexibility index (Phi) is 2.93. The van der Waals surface area contributed by atoms with Gasteiger partial charge in [0, 0.05) is 0 Å². The Balaban J connectivity index is 2.34. The summed E-state index contributed by atoms with van der Waals surface area (Å²) >= 11 is 0. The molecule has 7 heteroatoms. The molecule has 1 aliphatic heterocycles. The summed E-state index contributed by atoms with van der Waals surface area (Å²) in [5.74, 6) is -0.715. The molecule has 0 aliphatic carbocycles. The van der Waals surface area contributed by atoms with Crippen molar-refractivity contribution < 1.29 is 26.6 Å². The zero-order chi connectivity index (χ0) is 10.1. The van der Waals surface area contributed by atoms with Gasteiger partial charge >= 0.3 is 10.4 Å². The van der Waals surface area contributed by atoms with Crippen LogP contribution in [-0.2, 0) is 24.1 Å². The minimum absolute atomic E-state index is 0.234. The molecule has 1 N–H and O–H groups in total. The highest BCUT2D eigenvalue weighted by Crippen LogP contribution is 2.22. The van der Waals surface area contributed by atoms with E-state index in [0.29, 0.717) is 0 Å². The molecule has 1 fully saturated rings. The summed E-state index contributed by atoms with van der Waals surface area (Å²) in [6, 6.07) is 0. The molecule has 1 aliphatic rings. The van der Waals surface area contributed by atoms with E-state index in [1.54, 1.807) is 13.8 Å². The molecule has 1 heterocycles. The highest BCUT2D eigenvalue weighted by Gasteiger charge is 2.33. The topological polar surface area (TPSA) is 82.1 Å². The first kappa shape index (κ1) is 10.9. The first-order valence-corrected chi connectivity index (χ1v) is 5.09. The summed E-state index contributed by atoms with van der Waals surface area (Å²) in [6.07, 6.45) is -0.461. The second-order valence-electron chi connectivity index (χ2n) is 3.16. The van der Waals surface area contributed by atoms with Gasteiger partial charge in [0.15, 0.2) is 5.79 Å². The van der Waals surface area contributed by atoms with Crippen LogP contribution in [-0.4, -0.2) is 38.1 Å². The maximum atomic E-state index is 10.2. The van der Waals surface area contributed by atoms with Crippen molar-refractivity contribution in [2.24, 2.45) is 0 Å². The number of hydrogen-bond donors (Lipinski definition) is 1. The van der Waals surface area contributed by atoms with Crippen LogP contribution in [0, 0.1) is 0 Å². The van der Waals surface area contributed by atoms with Gasteiger partial charge in [-0.2, -0.15) is 8.42 Å². The highest BCUT2D eigenvalue weighted by molar-refractivity contribution is 7.80. The molecule has 1 rings (SSSR count). The maximum Gasteiger partial charge on any atom is 0.397 e. The second kappa shape index (κ2) is 3.50. The van der Waals surface area contributed by atoms with E-state index in [-0.39, 0.29) is 13.2 Å². The zero-order valence-electron chi connectivity index (χ0n) is 7.39. The highest BCUT2D eigenvalue weighted by atomic mass is 32.3. The van der Waals surface area contributed by atoms with E-state index in [0.717, 1.165) is 0 Å². The lowest BCUT2D eigenvalue weighted by Gasteiger charge is -2.16. The van der Waals surface area contributed by atoms with Gasteiger partial charge in [0.1, 0.15) is 6.10 Å². The van der Waals surface area contributed by atoms with Gasteiger partial charge in [-0.3, -0.25) is 4.55 Å². The smallest absolute Gasteiger partial charge is 0.348 e. The lowest BCUT2D eigenvalue weighted by Crippen LogP contribution is -2.25. The van der Waals surface area contributed by atoms with Crippen LogP contribution >= 0.6 is 0 Å². The number of rotatable bonds is 3. The number of ether oxygens (including phenoxy) is 2. The van der Waals surface area contributed by atoms with Crippen LogP contribution in [0.15, 0.2) is 0 Å². The van der Waals surface area contributed by atoms with Gasteiger partial charge in [-0.15, -0.1) is 0 Å². The Hall–Kier alpha value is -0.210. The fourth-order valence-corrected chi connectivity index (χ4v) is 1.33. The fraction of sp³-hybridized carbons (Fsp3) is 1.00. The van der Waals surface area contributed by atoms with Crippen LogP contribution in [0.5, 0.6) is 0 Å². The van der Waals surface area contributed by atoms with E-state index >= 15 is 0 Å². The normalized spacial score (nSPS) is 27.8. The van der Waals surface area contributed by atoms with Crippen molar-refractivity contribution in [1.29, 1.82) is 0 Å². The molecule has 0 radical (unpaired) electrons. The van der Waals surface area contributed by atoms with Crippen molar-refractivity contribution in [2.75, 3.05) is 13.2 Å². The Morgan fingerprint density at radius 1 is 1.62 bits per heavy atom. The Morgan fingerprint density at radius 3 is 2.62 bits per heavy atom. The predicted octanol–water partition coefficient (Wildman–Crippen LogP) is -0.0427. The van der Waals surface area contributed by atoms with E-state index in [1.807, 2.05) is 0 Å². The molecule has 0 aromatic carbocycles. The third-order valence-corrected chi connectivity index (χ3v) is 1.90. The lowest BCUT2D eigenvalue weighted by molar-refractivity contribution is -0.141. The van der Waals surface area contributed by atoms with Crippen LogP contribution in [0.25, 0.3) is 0 Å². The van der Waals surface area contributed by atoms with Crippen molar-refractivity contribution in [3.05, 3.63) is 0 Å². The van der Waals surface area contributed by atoms with Gasteiger partial charge in [0.25, 0.3) is 0 Å². The largest absolute Gasteiger partial charge is 0.397 e. The van der Waals surface area contributed by atoms with Crippen LogP contribution < -0.4 is 0 Å². The minimum atomic E-state index is -4.38. The van der Waals surface area contributed by atoms with Crippen molar-refractivity contribution in [3.63, 3.8) is 0 Å². The third kappa shape index (κ3) is 4.01. The predicted molar refractivity (Wildman–Crippen MR) is 42.4 cm³/mol. The maximum absolute atomic E-state index is 10.2. The van der Waals surface area contributed by atoms with Crippen molar-refractivity contribution in [2.45, 2.75) is 25.7 Å². The third-order valence-electron chi connectivity index (χ3n) is 1.47. The van der Waals surface area contributed by atoms with E-state index in [4.69, 9.17) is 14.0 Å². The first-order valence-electron chi connectivity index (χ1n) is 3.72. The van der Waals surface area contributed by atoms with Gasteiger partial charge in [-0.25, -0.2) is 4.18 Å². The van der Waals surface area contributed by atoms with Crippen LogP contribution in [0.1, 0.15) is 13.8 Å². The molecular weight excluding hydrogens is 200 g/mol. The van der Waals surface area contributed by atoms with Crippen LogP contribution in [0.2, 0.25) is 0 Å². The summed E-state index contributed by atoms with van der Waals surface area (Å²) in [5, 5.41) is 0. The Bertz CT molecular complexity index is 269. The molecule has 0 amide bonds.